The SMILES string of the molecule is CNC(=O)c1c(-c2ccc(F)cc2)oc2cc(N(CC3CC3)[S+](C)[O-])c(-c3cccc(C(=O)O)c3)cc12. The van der Waals surface area contributed by atoms with Crippen molar-refractivity contribution in [2.75, 3.05) is 24.2 Å². The molecule has 7 nitrogen and oxygen atoms in total. The number of rotatable bonds is 8. The van der Waals surface area contributed by atoms with Gasteiger partial charge in [-0.25, -0.2) is 9.18 Å². The van der Waals surface area contributed by atoms with E-state index in [4.69, 9.17) is 4.42 Å². The van der Waals surface area contributed by atoms with Crippen LogP contribution in [0.3, 0.4) is 0 Å². The van der Waals surface area contributed by atoms with Crippen LogP contribution >= 0.6 is 0 Å². The van der Waals surface area contributed by atoms with Gasteiger partial charge >= 0.3 is 5.97 Å². The van der Waals surface area contributed by atoms with Gasteiger partial charge in [0.2, 0.25) is 0 Å². The number of carboxylic acids is 1. The smallest absolute Gasteiger partial charge is 0.335 e. The second kappa shape index (κ2) is 9.91. The van der Waals surface area contributed by atoms with Gasteiger partial charge < -0.3 is 19.4 Å². The van der Waals surface area contributed by atoms with Crippen LogP contribution < -0.4 is 9.62 Å². The number of hydrogen-bond acceptors (Lipinski definition) is 5. The molecule has 5 rings (SSSR count). The lowest BCUT2D eigenvalue weighted by molar-refractivity contribution is 0.0696. The van der Waals surface area contributed by atoms with Gasteiger partial charge in [-0.2, -0.15) is 4.31 Å². The molecule has 0 aliphatic heterocycles. The number of nitrogens with one attached hydrogen (secondary N) is 1. The maximum Gasteiger partial charge on any atom is 0.335 e. The summed E-state index contributed by atoms with van der Waals surface area (Å²) in [6, 6.07) is 15.7. The van der Waals surface area contributed by atoms with Gasteiger partial charge in [-0.05, 0) is 66.8 Å². The maximum atomic E-state index is 13.6. The zero-order valence-corrected chi connectivity index (χ0v) is 21.1. The normalized spacial score (nSPS) is 13.9. The molecular formula is C28H25FN2O5S. The minimum Gasteiger partial charge on any atom is -0.593 e. The van der Waals surface area contributed by atoms with Gasteiger partial charge in [0.1, 0.15) is 23.4 Å². The van der Waals surface area contributed by atoms with Crippen LogP contribution in [0.15, 0.2) is 65.1 Å². The molecule has 0 saturated heterocycles. The standard InChI is InChI=1S/C28H25FN2O5S/c1-30-27(32)25-22-13-21(18-4-3-5-19(12-18)28(33)34)23(31(37(2)35)15-16-6-7-16)14-24(22)36-26(25)17-8-10-20(29)11-9-17/h3-5,8-14,16H,6-7,15H2,1-2H3,(H,30,32)(H,33,34). The Morgan fingerprint density at radius 3 is 2.49 bits per heavy atom. The van der Waals surface area contributed by atoms with Gasteiger partial charge in [-0.1, -0.05) is 12.1 Å². The highest BCUT2D eigenvalue weighted by atomic mass is 32.2. The molecule has 4 aromatic rings. The van der Waals surface area contributed by atoms with Crippen molar-refractivity contribution >= 4 is 39.9 Å². The number of carboxylic acid groups (broad SMARTS) is 1. The van der Waals surface area contributed by atoms with E-state index < -0.39 is 23.1 Å². The van der Waals surface area contributed by atoms with Crippen molar-refractivity contribution in [3.63, 3.8) is 0 Å². The maximum absolute atomic E-state index is 13.6. The highest BCUT2D eigenvalue weighted by molar-refractivity contribution is 7.92. The van der Waals surface area contributed by atoms with E-state index in [2.05, 4.69) is 5.32 Å². The quantitative estimate of drug-likeness (QED) is 0.298. The molecule has 2 N–H and O–H groups in total. The zero-order valence-electron chi connectivity index (χ0n) is 20.3. The van der Waals surface area contributed by atoms with Crippen molar-refractivity contribution in [3.8, 4) is 22.5 Å². The number of carbonyl (C=O) groups is 2. The van der Waals surface area contributed by atoms with Gasteiger partial charge in [0, 0.05) is 29.6 Å². The number of amides is 1. The summed E-state index contributed by atoms with van der Waals surface area (Å²) in [6.45, 7) is 0.577. The summed E-state index contributed by atoms with van der Waals surface area (Å²) in [6.07, 6.45) is 3.71. The van der Waals surface area contributed by atoms with E-state index in [0.717, 1.165) is 12.8 Å². The van der Waals surface area contributed by atoms with Crippen LogP contribution in [-0.4, -0.2) is 41.4 Å². The molecule has 1 saturated carbocycles. The van der Waals surface area contributed by atoms with E-state index in [1.807, 2.05) is 0 Å². The zero-order chi connectivity index (χ0) is 26.3. The molecule has 1 atom stereocenters. The topological polar surface area (TPSA) is 106 Å². The number of nitrogens with zero attached hydrogens (tertiary/aromatic N) is 1. The minimum atomic E-state index is -1.37. The second-order valence-electron chi connectivity index (χ2n) is 9.07. The molecule has 1 aromatic heterocycles. The third kappa shape index (κ3) is 4.92. The fourth-order valence-electron chi connectivity index (χ4n) is 4.42. The number of hydrogen-bond donors (Lipinski definition) is 2. The van der Waals surface area contributed by atoms with Crippen LogP contribution in [0.4, 0.5) is 10.1 Å². The minimum absolute atomic E-state index is 0.112. The van der Waals surface area contributed by atoms with E-state index in [1.165, 1.54) is 37.4 Å². The van der Waals surface area contributed by atoms with Gasteiger partial charge in [-0.3, -0.25) is 4.79 Å². The van der Waals surface area contributed by atoms with E-state index in [-0.39, 0.29) is 22.8 Å². The number of fused-ring (bicyclic) bond motifs is 1. The Bertz CT molecular complexity index is 1490. The summed E-state index contributed by atoms with van der Waals surface area (Å²) in [5, 5.41) is 12.7. The summed E-state index contributed by atoms with van der Waals surface area (Å²) in [5.41, 5.74) is 3.17. The summed E-state index contributed by atoms with van der Waals surface area (Å²) < 4.78 is 34.5. The Morgan fingerprint density at radius 2 is 1.86 bits per heavy atom. The first-order chi connectivity index (χ1) is 17.8. The molecular weight excluding hydrogens is 495 g/mol. The van der Waals surface area contributed by atoms with Crippen LogP contribution in [0.1, 0.15) is 33.6 Å². The fourth-order valence-corrected chi connectivity index (χ4v) is 5.27. The first kappa shape index (κ1) is 24.9. The molecule has 0 bridgehead atoms. The molecule has 0 spiro atoms. The number of furan rings is 1. The second-order valence-corrected chi connectivity index (χ2v) is 10.4. The Labute approximate surface area is 216 Å². The number of benzene rings is 3. The Hall–Kier alpha value is -3.82. The molecule has 1 amide bonds. The average Bonchev–Trinajstić information content (AvgIpc) is 3.64. The molecule has 1 aliphatic carbocycles. The lowest BCUT2D eigenvalue weighted by Crippen LogP contribution is -2.32. The van der Waals surface area contributed by atoms with Crippen LogP contribution in [0.5, 0.6) is 0 Å². The van der Waals surface area contributed by atoms with E-state index in [1.54, 1.807) is 40.9 Å². The molecule has 0 radical (unpaired) electrons. The lowest BCUT2D eigenvalue weighted by Gasteiger charge is -2.26. The summed E-state index contributed by atoms with van der Waals surface area (Å²) in [7, 11) is 1.51. The van der Waals surface area contributed by atoms with Crippen molar-refractivity contribution in [2.24, 2.45) is 5.92 Å². The van der Waals surface area contributed by atoms with Crippen molar-refractivity contribution in [1.82, 2.24) is 5.32 Å². The first-order valence-corrected chi connectivity index (χ1v) is 13.3. The average molecular weight is 521 g/mol. The predicted octanol–water partition coefficient (Wildman–Crippen LogP) is 5.47. The third-order valence-corrected chi connectivity index (χ3v) is 7.45. The predicted molar refractivity (Wildman–Crippen MR) is 142 cm³/mol. The Balaban J connectivity index is 1.80. The van der Waals surface area contributed by atoms with Crippen LogP contribution in [-0.2, 0) is 11.4 Å². The Kier molecular flexibility index (Phi) is 6.66. The molecule has 1 aliphatic rings. The molecule has 9 heteroatoms. The number of carbonyl (C=O) groups excluding carboxylic acids is 1. The number of aromatic carboxylic acids is 1. The van der Waals surface area contributed by atoms with Crippen LogP contribution in [0, 0.1) is 11.7 Å². The molecule has 37 heavy (non-hydrogen) atoms. The van der Waals surface area contributed by atoms with Gasteiger partial charge in [0.15, 0.2) is 0 Å². The van der Waals surface area contributed by atoms with Crippen LogP contribution in [0.25, 0.3) is 33.4 Å². The van der Waals surface area contributed by atoms with Crippen LogP contribution in [0.2, 0.25) is 0 Å². The molecule has 1 fully saturated rings. The van der Waals surface area contributed by atoms with Crippen molar-refractivity contribution in [3.05, 3.63) is 77.6 Å². The third-order valence-electron chi connectivity index (χ3n) is 6.49. The summed E-state index contributed by atoms with van der Waals surface area (Å²) in [5.74, 6) is -1.16. The summed E-state index contributed by atoms with van der Waals surface area (Å²) >= 11 is -1.37. The highest BCUT2D eigenvalue weighted by Gasteiger charge is 2.32. The number of anilines is 1. The van der Waals surface area contributed by atoms with Crippen molar-refractivity contribution < 1.29 is 28.1 Å². The summed E-state index contributed by atoms with van der Waals surface area (Å²) in [4.78, 5) is 24.7. The molecule has 3 aromatic carbocycles. The largest absolute Gasteiger partial charge is 0.593 e. The van der Waals surface area contributed by atoms with E-state index in [0.29, 0.717) is 45.8 Å². The fraction of sp³-hybridized carbons (Fsp3) is 0.214. The van der Waals surface area contributed by atoms with Gasteiger partial charge in [0.05, 0.1) is 34.7 Å². The van der Waals surface area contributed by atoms with E-state index >= 15 is 0 Å². The van der Waals surface area contributed by atoms with Crippen molar-refractivity contribution in [1.29, 1.82) is 0 Å². The Morgan fingerprint density at radius 1 is 1.14 bits per heavy atom. The van der Waals surface area contributed by atoms with E-state index in [9.17, 15) is 23.6 Å². The molecule has 1 heterocycles. The highest BCUT2D eigenvalue weighted by Crippen LogP contribution is 2.43. The molecule has 1 unspecified atom stereocenters. The van der Waals surface area contributed by atoms with Crippen molar-refractivity contribution in [2.45, 2.75) is 12.8 Å². The first-order valence-electron chi connectivity index (χ1n) is 11.8. The molecule has 190 valence electrons. The monoisotopic (exact) mass is 520 g/mol. The van der Waals surface area contributed by atoms with Gasteiger partial charge in [0.25, 0.3) is 5.91 Å². The number of halogens is 1. The lowest BCUT2D eigenvalue weighted by atomic mass is 9.97. The van der Waals surface area contributed by atoms with Gasteiger partial charge in [-0.15, -0.1) is 0 Å².